The van der Waals surface area contributed by atoms with Gasteiger partial charge in [0.2, 0.25) is 5.91 Å². The third-order valence-electron chi connectivity index (χ3n) is 7.53. The number of hydrogen-bond acceptors (Lipinski definition) is 8. The number of piperazine rings is 2. The van der Waals surface area contributed by atoms with E-state index in [4.69, 9.17) is 20.5 Å². The number of carbonyl (C=O) groups excluding carboxylic acids is 2. The van der Waals surface area contributed by atoms with Gasteiger partial charge in [0.25, 0.3) is 0 Å². The molecule has 10 heteroatoms. The average molecular weight is 499 g/mol. The number of amides is 2. The molecule has 0 spiro atoms. The summed E-state index contributed by atoms with van der Waals surface area (Å²) in [6, 6.07) is 9.83. The van der Waals surface area contributed by atoms with Crippen molar-refractivity contribution in [3.63, 3.8) is 0 Å². The highest BCUT2D eigenvalue weighted by molar-refractivity contribution is 5.73. The van der Waals surface area contributed by atoms with Crippen molar-refractivity contribution >= 4 is 12.0 Å². The van der Waals surface area contributed by atoms with Gasteiger partial charge in [0.15, 0.2) is 0 Å². The molecule has 36 heavy (non-hydrogen) atoms. The first-order chi connectivity index (χ1) is 17.4. The lowest BCUT2D eigenvalue weighted by atomic mass is 10.1. The molecule has 2 N–H and O–H groups in total. The van der Waals surface area contributed by atoms with E-state index in [-0.39, 0.29) is 18.0 Å². The fourth-order valence-corrected chi connectivity index (χ4v) is 5.39. The maximum Gasteiger partial charge on any atom is 0.409 e. The molecule has 0 aromatic heterocycles. The third kappa shape index (κ3) is 6.87. The Hall–Kier alpha value is -2.87. The van der Waals surface area contributed by atoms with Gasteiger partial charge in [0.1, 0.15) is 12.4 Å². The van der Waals surface area contributed by atoms with E-state index in [1.54, 1.807) is 31.2 Å². The van der Waals surface area contributed by atoms with Crippen LogP contribution in [0.1, 0.15) is 31.7 Å². The molecule has 3 unspecified atom stereocenters. The van der Waals surface area contributed by atoms with Gasteiger partial charge < -0.3 is 25.0 Å². The van der Waals surface area contributed by atoms with E-state index in [1.807, 2.05) is 9.80 Å². The minimum absolute atomic E-state index is 0.00606. The molecule has 0 saturated carbocycles. The number of nitrogens with zero attached hydrogens (tertiary/aromatic N) is 5. The van der Waals surface area contributed by atoms with Gasteiger partial charge in [-0.2, -0.15) is 5.26 Å². The Morgan fingerprint density at radius 2 is 1.72 bits per heavy atom. The molecule has 3 aliphatic rings. The average Bonchev–Trinajstić information content (AvgIpc) is 3.10. The normalized spacial score (nSPS) is 23.2. The minimum Gasteiger partial charge on any atom is -0.494 e. The summed E-state index contributed by atoms with van der Waals surface area (Å²) >= 11 is 0. The summed E-state index contributed by atoms with van der Waals surface area (Å²) in [4.78, 5) is 32.6. The molecule has 196 valence electrons. The van der Waals surface area contributed by atoms with Gasteiger partial charge in [-0.15, -0.1) is 0 Å². The number of fused-ring (bicyclic) bond motifs is 2. The van der Waals surface area contributed by atoms with E-state index >= 15 is 0 Å². The summed E-state index contributed by atoms with van der Waals surface area (Å²) < 4.78 is 11.4. The van der Waals surface area contributed by atoms with Gasteiger partial charge in [0, 0.05) is 77.4 Å². The first kappa shape index (κ1) is 26.2. The number of nitriles is 1. The molecule has 2 bridgehead atoms. The van der Waals surface area contributed by atoms with Crippen molar-refractivity contribution in [1.82, 2.24) is 19.6 Å². The first-order valence-electron chi connectivity index (χ1n) is 13.0. The van der Waals surface area contributed by atoms with Gasteiger partial charge in [-0.25, -0.2) is 4.79 Å². The molecule has 3 heterocycles. The Kier molecular flexibility index (Phi) is 9.02. The van der Waals surface area contributed by atoms with Crippen molar-refractivity contribution in [2.24, 2.45) is 5.73 Å². The van der Waals surface area contributed by atoms with E-state index < -0.39 is 0 Å². The lowest BCUT2D eigenvalue weighted by molar-refractivity contribution is -0.130. The van der Waals surface area contributed by atoms with E-state index in [9.17, 15) is 9.59 Å². The van der Waals surface area contributed by atoms with Gasteiger partial charge in [-0.1, -0.05) is 0 Å². The molecule has 2 amide bonds. The quantitative estimate of drug-likeness (QED) is 0.538. The van der Waals surface area contributed by atoms with E-state index in [0.717, 1.165) is 57.7 Å². The number of hydrogen-bond donors (Lipinski definition) is 1. The molecule has 0 aliphatic carbocycles. The van der Waals surface area contributed by atoms with E-state index in [1.165, 1.54) is 0 Å². The minimum atomic E-state index is -0.228. The summed E-state index contributed by atoms with van der Waals surface area (Å²) in [5.74, 6) is 0.860. The molecule has 3 atom stereocenters. The van der Waals surface area contributed by atoms with Crippen LogP contribution in [-0.2, 0) is 9.53 Å². The predicted octanol–water partition coefficient (Wildman–Crippen LogP) is 1.10. The van der Waals surface area contributed by atoms with Crippen LogP contribution >= 0.6 is 0 Å². The Morgan fingerprint density at radius 3 is 2.33 bits per heavy atom. The van der Waals surface area contributed by atoms with Crippen LogP contribution in [0.4, 0.5) is 4.79 Å². The number of carbonyl (C=O) groups is 2. The van der Waals surface area contributed by atoms with Crippen LogP contribution in [0.2, 0.25) is 0 Å². The Balaban J connectivity index is 1.13. The van der Waals surface area contributed by atoms with Gasteiger partial charge >= 0.3 is 6.09 Å². The van der Waals surface area contributed by atoms with Gasteiger partial charge in [-0.05, 0) is 43.5 Å². The molecular formula is C26H38N6O4. The Morgan fingerprint density at radius 1 is 1.06 bits per heavy atom. The van der Waals surface area contributed by atoms with Crippen LogP contribution in [-0.4, -0.2) is 115 Å². The Bertz CT molecular complexity index is 913. The number of rotatable bonds is 9. The highest BCUT2D eigenvalue weighted by Gasteiger charge is 2.42. The molecule has 1 aromatic rings. The summed E-state index contributed by atoms with van der Waals surface area (Å²) in [6.45, 7) is 8.46. The lowest BCUT2D eigenvalue weighted by Crippen LogP contribution is -2.57. The molecule has 0 radical (unpaired) electrons. The summed E-state index contributed by atoms with van der Waals surface area (Å²) in [5, 5.41) is 8.88. The highest BCUT2D eigenvalue weighted by atomic mass is 16.6. The molecule has 1 aromatic carbocycles. The van der Waals surface area contributed by atoms with Crippen LogP contribution in [0.25, 0.3) is 0 Å². The SMILES string of the molecule is CC(=O)N1CCN(CCOC(=O)N2CC3CCC(C2)N3CC(N)CCOc2ccc(C#N)cc2)CC1. The second-order valence-corrected chi connectivity index (χ2v) is 9.98. The maximum atomic E-state index is 12.7. The van der Waals surface area contributed by atoms with Crippen molar-refractivity contribution in [2.75, 3.05) is 65.6 Å². The van der Waals surface area contributed by atoms with Gasteiger partial charge in [0.05, 0.1) is 18.2 Å². The summed E-state index contributed by atoms with van der Waals surface area (Å²) in [7, 11) is 0. The standard InChI is InChI=1S/C26H38N6O4/c1-20(33)30-11-9-29(10-12-30)13-15-36-26(34)31-18-23-4-5-24(19-31)32(23)17-22(28)8-14-35-25-6-2-21(16-27)3-7-25/h2-3,6-7,22-24H,4-5,8-15,17-19,28H2,1H3. The van der Waals surface area contributed by atoms with Crippen LogP contribution in [0.15, 0.2) is 24.3 Å². The molecule has 4 rings (SSSR count). The number of nitrogens with two attached hydrogens (primary N) is 1. The molecule has 3 saturated heterocycles. The van der Waals surface area contributed by atoms with Crippen molar-refractivity contribution in [3.8, 4) is 11.8 Å². The predicted molar refractivity (Wildman–Crippen MR) is 134 cm³/mol. The fraction of sp³-hybridized carbons (Fsp3) is 0.654. The number of likely N-dealkylation sites (tertiary alicyclic amines) is 1. The van der Waals surface area contributed by atoms with E-state index in [0.29, 0.717) is 50.5 Å². The van der Waals surface area contributed by atoms with Crippen LogP contribution in [0.5, 0.6) is 5.75 Å². The summed E-state index contributed by atoms with van der Waals surface area (Å²) in [6.07, 6.45) is 2.66. The van der Waals surface area contributed by atoms with Gasteiger partial charge in [-0.3, -0.25) is 14.6 Å². The topological polar surface area (TPSA) is 115 Å². The van der Waals surface area contributed by atoms with Crippen LogP contribution in [0, 0.1) is 11.3 Å². The largest absolute Gasteiger partial charge is 0.494 e. The second kappa shape index (κ2) is 12.4. The molecule has 3 fully saturated rings. The van der Waals surface area contributed by atoms with Crippen molar-refractivity contribution in [1.29, 1.82) is 5.26 Å². The Labute approximate surface area is 213 Å². The molecule has 3 aliphatic heterocycles. The first-order valence-corrected chi connectivity index (χ1v) is 13.0. The lowest BCUT2D eigenvalue weighted by Gasteiger charge is -2.41. The van der Waals surface area contributed by atoms with Crippen molar-refractivity contribution in [3.05, 3.63) is 29.8 Å². The zero-order chi connectivity index (χ0) is 25.5. The summed E-state index contributed by atoms with van der Waals surface area (Å²) in [5.41, 5.74) is 7.04. The zero-order valence-electron chi connectivity index (χ0n) is 21.2. The number of ether oxygens (including phenoxy) is 2. The van der Waals surface area contributed by atoms with E-state index in [2.05, 4.69) is 15.9 Å². The van der Waals surface area contributed by atoms with Crippen LogP contribution < -0.4 is 10.5 Å². The zero-order valence-corrected chi connectivity index (χ0v) is 21.2. The third-order valence-corrected chi connectivity index (χ3v) is 7.53. The number of benzene rings is 1. The maximum absolute atomic E-state index is 12.7. The molecule has 10 nitrogen and oxygen atoms in total. The smallest absolute Gasteiger partial charge is 0.409 e. The van der Waals surface area contributed by atoms with Crippen molar-refractivity contribution in [2.45, 2.75) is 44.3 Å². The van der Waals surface area contributed by atoms with Crippen molar-refractivity contribution < 1.29 is 19.1 Å². The highest BCUT2D eigenvalue weighted by Crippen LogP contribution is 2.30. The monoisotopic (exact) mass is 498 g/mol. The molecular weight excluding hydrogens is 460 g/mol. The van der Waals surface area contributed by atoms with Crippen LogP contribution in [0.3, 0.4) is 0 Å². The second-order valence-electron chi connectivity index (χ2n) is 9.98. The fourth-order valence-electron chi connectivity index (χ4n) is 5.39.